The molecular formula is C23H29NO4. The fraction of sp³-hybridized carbons (Fsp3) is 0.478. The predicted octanol–water partition coefficient (Wildman–Crippen LogP) is 3.47. The summed E-state index contributed by atoms with van der Waals surface area (Å²) in [7, 11) is 0. The first-order valence-corrected chi connectivity index (χ1v) is 10.2. The van der Waals surface area contributed by atoms with Crippen molar-refractivity contribution in [2.45, 2.75) is 44.0 Å². The van der Waals surface area contributed by atoms with E-state index in [1.165, 1.54) is 0 Å². The molecule has 0 bridgehead atoms. The lowest BCUT2D eigenvalue weighted by atomic mass is 9.81. The van der Waals surface area contributed by atoms with Crippen molar-refractivity contribution in [2.24, 2.45) is 0 Å². The zero-order chi connectivity index (χ0) is 19.6. The third-order valence-electron chi connectivity index (χ3n) is 5.94. The summed E-state index contributed by atoms with van der Waals surface area (Å²) in [6.07, 6.45) is 1.36. The summed E-state index contributed by atoms with van der Waals surface area (Å²) in [6.45, 7) is 4.90. The van der Waals surface area contributed by atoms with Gasteiger partial charge in [0.05, 0.1) is 18.8 Å². The van der Waals surface area contributed by atoms with E-state index in [9.17, 15) is 10.2 Å². The van der Waals surface area contributed by atoms with Crippen molar-refractivity contribution in [3.05, 3.63) is 59.7 Å². The number of rotatable bonds is 5. The highest BCUT2D eigenvalue weighted by Gasteiger charge is 2.42. The van der Waals surface area contributed by atoms with E-state index in [-0.39, 0.29) is 5.60 Å². The highest BCUT2D eigenvalue weighted by atomic mass is 16.5. The van der Waals surface area contributed by atoms with E-state index in [2.05, 4.69) is 4.90 Å². The van der Waals surface area contributed by atoms with Crippen molar-refractivity contribution in [1.29, 1.82) is 0 Å². The lowest BCUT2D eigenvalue weighted by Gasteiger charge is -2.46. The summed E-state index contributed by atoms with van der Waals surface area (Å²) < 4.78 is 11.8. The van der Waals surface area contributed by atoms with Gasteiger partial charge in [0.25, 0.3) is 0 Å². The number of nitrogens with zero attached hydrogens (tertiary/aromatic N) is 1. The molecule has 1 saturated heterocycles. The molecule has 5 heteroatoms. The number of fused-ring (bicyclic) bond motifs is 1. The smallest absolute Gasteiger partial charge is 0.125 e. The second-order valence-corrected chi connectivity index (χ2v) is 7.86. The normalized spacial score (nSPS) is 22.3. The average molecular weight is 383 g/mol. The van der Waals surface area contributed by atoms with Gasteiger partial charge in [0.2, 0.25) is 0 Å². The van der Waals surface area contributed by atoms with E-state index in [1.54, 1.807) is 0 Å². The molecule has 2 atom stereocenters. The SMILES string of the molecule is CCOc1ccc(C(O)CN2CCC3(CC2)CC(O)c2ccccc2O3)cc1. The molecule has 0 saturated carbocycles. The molecule has 2 aromatic carbocycles. The number of hydrogen-bond acceptors (Lipinski definition) is 5. The van der Waals surface area contributed by atoms with E-state index >= 15 is 0 Å². The van der Waals surface area contributed by atoms with E-state index in [1.807, 2.05) is 55.5 Å². The van der Waals surface area contributed by atoms with Gasteiger partial charge in [-0.3, -0.25) is 0 Å². The summed E-state index contributed by atoms with van der Waals surface area (Å²) in [5.41, 5.74) is 1.50. The zero-order valence-electron chi connectivity index (χ0n) is 16.4. The molecule has 1 spiro atoms. The minimum absolute atomic E-state index is 0.297. The number of benzene rings is 2. The monoisotopic (exact) mass is 383 g/mol. The number of aliphatic hydroxyl groups excluding tert-OH is 2. The fourth-order valence-electron chi connectivity index (χ4n) is 4.34. The highest BCUT2D eigenvalue weighted by Crippen LogP contribution is 2.44. The maximum Gasteiger partial charge on any atom is 0.125 e. The molecule has 2 N–H and O–H groups in total. The number of piperidine rings is 1. The van der Waals surface area contributed by atoms with Crippen LogP contribution in [-0.2, 0) is 0 Å². The maximum absolute atomic E-state index is 10.6. The fourth-order valence-corrected chi connectivity index (χ4v) is 4.34. The minimum atomic E-state index is -0.525. The van der Waals surface area contributed by atoms with Crippen LogP contribution in [0.5, 0.6) is 11.5 Å². The lowest BCUT2D eigenvalue weighted by Crippen LogP contribution is -2.51. The first kappa shape index (κ1) is 19.2. The highest BCUT2D eigenvalue weighted by molar-refractivity contribution is 5.38. The molecule has 150 valence electrons. The molecule has 2 aromatic rings. The van der Waals surface area contributed by atoms with Crippen molar-refractivity contribution in [1.82, 2.24) is 4.90 Å². The Balaban J connectivity index is 1.34. The minimum Gasteiger partial charge on any atom is -0.494 e. The molecule has 1 fully saturated rings. The summed E-state index contributed by atoms with van der Waals surface area (Å²) in [6, 6.07) is 15.4. The standard InChI is InChI=1S/C23H29NO4/c1-2-27-18-9-7-17(8-10-18)21(26)16-24-13-11-23(12-14-24)15-20(25)19-5-3-4-6-22(19)28-23/h3-10,20-21,25-26H,2,11-16H2,1H3. The van der Waals surface area contributed by atoms with Crippen molar-refractivity contribution in [2.75, 3.05) is 26.2 Å². The van der Waals surface area contributed by atoms with E-state index in [0.717, 1.165) is 48.6 Å². The van der Waals surface area contributed by atoms with Gasteiger partial charge in [-0.15, -0.1) is 0 Å². The first-order chi connectivity index (χ1) is 13.6. The topological polar surface area (TPSA) is 62.2 Å². The predicted molar refractivity (Wildman–Crippen MR) is 108 cm³/mol. The Labute approximate surface area is 166 Å². The summed E-state index contributed by atoms with van der Waals surface area (Å²) in [5, 5.41) is 21.2. The van der Waals surface area contributed by atoms with Crippen LogP contribution >= 0.6 is 0 Å². The largest absolute Gasteiger partial charge is 0.494 e. The number of aliphatic hydroxyl groups is 2. The second kappa shape index (κ2) is 8.11. The Morgan fingerprint density at radius 3 is 2.57 bits per heavy atom. The maximum atomic E-state index is 10.6. The van der Waals surface area contributed by atoms with Crippen molar-refractivity contribution >= 4 is 0 Å². The Kier molecular flexibility index (Phi) is 5.58. The van der Waals surface area contributed by atoms with Gasteiger partial charge in [-0.1, -0.05) is 30.3 Å². The van der Waals surface area contributed by atoms with Crippen LogP contribution in [0.15, 0.2) is 48.5 Å². The molecule has 0 amide bonds. The van der Waals surface area contributed by atoms with Gasteiger partial charge in [-0.05, 0) is 43.5 Å². The number of hydrogen-bond donors (Lipinski definition) is 2. The molecule has 0 aliphatic carbocycles. The number of para-hydroxylation sites is 1. The van der Waals surface area contributed by atoms with Crippen molar-refractivity contribution in [3.8, 4) is 11.5 Å². The average Bonchev–Trinajstić information content (AvgIpc) is 2.71. The Morgan fingerprint density at radius 1 is 1.14 bits per heavy atom. The Hall–Kier alpha value is -2.08. The van der Waals surface area contributed by atoms with Gasteiger partial charge >= 0.3 is 0 Å². The van der Waals surface area contributed by atoms with Crippen molar-refractivity contribution in [3.63, 3.8) is 0 Å². The molecule has 4 rings (SSSR count). The van der Waals surface area contributed by atoms with E-state index in [0.29, 0.717) is 19.6 Å². The molecule has 0 radical (unpaired) electrons. The van der Waals surface area contributed by atoms with Crippen LogP contribution in [0, 0.1) is 0 Å². The van der Waals surface area contributed by atoms with E-state index < -0.39 is 12.2 Å². The Bertz CT molecular complexity index is 783. The molecule has 0 aromatic heterocycles. The van der Waals surface area contributed by atoms with Gasteiger partial charge in [-0.2, -0.15) is 0 Å². The first-order valence-electron chi connectivity index (χ1n) is 10.2. The zero-order valence-corrected chi connectivity index (χ0v) is 16.4. The van der Waals surface area contributed by atoms with Crippen LogP contribution in [0.2, 0.25) is 0 Å². The molecule has 2 aliphatic rings. The Morgan fingerprint density at radius 2 is 1.86 bits per heavy atom. The summed E-state index contributed by atoms with van der Waals surface area (Å²) in [5.74, 6) is 1.63. The lowest BCUT2D eigenvalue weighted by molar-refractivity contribution is -0.0587. The van der Waals surface area contributed by atoms with Crippen LogP contribution in [-0.4, -0.2) is 47.0 Å². The number of ether oxygens (including phenoxy) is 2. The molecule has 2 aliphatic heterocycles. The van der Waals surface area contributed by atoms with Crippen LogP contribution in [0.1, 0.15) is 49.5 Å². The third-order valence-corrected chi connectivity index (χ3v) is 5.94. The quantitative estimate of drug-likeness (QED) is 0.828. The van der Waals surface area contributed by atoms with Crippen LogP contribution < -0.4 is 9.47 Å². The van der Waals surface area contributed by atoms with Gasteiger partial charge in [0.1, 0.15) is 17.1 Å². The van der Waals surface area contributed by atoms with Crippen LogP contribution in [0.3, 0.4) is 0 Å². The number of likely N-dealkylation sites (tertiary alicyclic amines) is 1. The van der Waals surface area contributed by atoms with Gasteiger partial charge in [0.15, 0.2) is 0 Å². The summed E-state index contributed by atoms with van der Waals surface area (Å²) in [4.78, 5) is 2.28. The van der Waals surface area contributed by atoms with Gasteiger partial charge < -0.3 is 24.6 Å². The molecular weight excluding hydrogens is 354 g/mol. The summed E-state index contributed by atoms with van der Waals surface area (Å²) >= 11 is 0. The van der Waals surface area contributed by atoms with Crippen LogP contribution in [0.4, 0.5) is 0 Å². The van der Waals surface area contributed by atoms with E-state index in [4.69, 9.17) is 9.47 Å². The van der Waals surface area contributed by atoms with Gasteiger partial charge in [0, 0.05) is 31.6 Å². The third kappa shape index (κ3) is 4.02. The second-order valence-electron chi connectivity index (χ2n) is 7.86. The number of β-amino-alcohol motifs (C(OH)–C–C–N with tert-alkyl or cyclic N) is 1. The molecule has 28 heavy (non-hydrogen) atoms. The molecule has 2 heterocycles. The molecule has 5 nitrogen and oxygen atoms in total. The van der Waals surface area contributed by atoms with Crippen molar-refractivity contribution < 1.29 is 19.7 Å². The molecule has 2 unspecified atom stereocenters. The van der Waals surface area contributed by atoms with Gasteiger partial charge in [-0.25, -0.2) is 0 Å². The van der Waals surface area contributed by atoms with Crippen LogP contribution in [0.25, 0.3) is 0 Å².